The number of esters is 1. The van der Waals surface area contributed by atoms with Crippen molar-refractivity contribution in [3.05, 3.63) is 35.9 Å². The molecule has 0 unspecified atom stereocenters. The normalized spacial score (nSPS) is 23.1. The van der Waals surface area contributed by atoms with Crippen molar-refractivity contribution in [2.45, 2.75) is 56.5 Å². The van der Waals surface area contributed by atoms with E-state index in [4.69, 9.17) is 4.74 Å². The summed E-state index contributed by atoms with van der Waals surface area (Å²) in [6.45, 7) is 2.19. The minimum atomic E-state index is -0.401. The molecule has 1 saturated carbocycles. The van der Waals surface area contributed by atoms with Crippen LogP contribution < -0.4 is 24.0 Å². The van der Waals surface area contributed by atoms with Crippen molar-refractivity contribution >= 4 is 5.97 Å². The van der Waals surface area contributed by atoms with E-state index in [0.717, 1.165) is 61.7 Å². The zero-order valence-electron chi connectivity index (χ0n) is 15.0. The number of quaternary nitrogens is 1. The van der Waals surface area contributed by atoms with E-state index in [1.54, 1.807) is 0 Å². The summed E-state index contributed by atoms with van der Waals surface area (Å²) in [5.74, 6) is 0.0283. The fourth-order valence-corrected chi connectivity index (χ4v) is 4.15. The number of hydrogen-bond donors (Lipinski definition) is 0. The van der Waals surface area contributed by atoms with Gasteiger partial charge in [0.1, 0.15) is 6.10 Å². The van der Waals surface area contributed by atoms with E-state index in [2.05, 4.69) is 26.2 Å². The summed E-state index contributed by atoms with van der Waals surface area (Å²) in [5.41, 5.74) is 0.748. The molecule has 134 valence electrons. The zero-order chi connectivity index (χ0) is 16.3. The van der Waals surface area contributed by atoms with Crippen LogP contribution in [0.3, 0.4) is 0 Å². The van der Waals surface area contributed by atoms with Crippen LogP contribution >= 0.6 is 0 Å². The topological polar surface area (TPSA) is 26.3 Å². The molecule has 1 saturated heterocycles. The molecular weight excluding hydrogens is 413 g/mol. The second kappa shape index (κ2) is 8.17. The lowest BCUT2D eigenvalue weighted by atomic mass is 9.69. The molecule has 2 aliphatic rings. The molecule has 0 amide bonds. The van der Waals surface area contributed by atoms with E-state index in [1.807, 2.05) is 18.2 Å². The molecule has 2 fully saturated rings. The lowest BCUT2D eigenvalue weighted by molar-refractivity contribution is -0.896. The van der Waals surface area contributed by atoms with Crippen LogP contribution in [0.1, 0.15) is 50.5 Å². The molecule has 0 bridgehead atoms. The van der Waals surface area contributed by atoms with Gasteiger partial charge in [0.05, 0.1) is 32.6 Å². The molecule has 4 heteroatoms. The zero-order valence-corrected chi connectivity index (χ0v) is 17.1. The highest BCUT2D eigenvalue weighted by atomic mass is 127. The third-order valence-electron chi connectivity index (χ3n) is 5.81. The van der Waals surface area contributed by atoms with Gasteiger partial charge in [0.25, 0.3) is 0 Å². The highest BCUT2D eigenvalue weighted by Gasteiger charge is 2.44. The number of hydrogen-bond acceptors (Lipinski definition) is 2. The third-order valence-corrected chi connectivity index (χ3v) is 5.81. The summed E-state index contributed by atoms with van der Waals surface area (Å²) >= 11 is 0. The fourth-order valence-electron chi connectivity index (χ4n) is 4.15. The number of piperidine rings is 1. The predicted molar refractivity (Wildman–Crippen MR) is 92.2 cm³/mol. The highest BCUT2D eigenvalue weighted by molar-refractivity contribution is 5.83. The van der Waals surface area contributed by atoms with Crippen LogP contribution in [0.15, 0.2) is 30.3 Å². The fraction of sp³-hybridized carbons (Fsp3) is 0.650. The summed E-state index contributed by atoms with van der Waals surface area (Å²) in [4.78, 5) is 13.1. The molecule has 3 nitrogen and oxygen atoms in total. The number of benzene rings is 1. The minimum absolute atomic E-state index is 0. The molecule has 1 aliphatic carbocycles. The van der Waals surface area contributed by atoms with E-state index in [1.165, 1.54) is 6.42 Å². The first-order chi connectivity index (χ1) is 11.0. The van der Waals surface area contributed by atoms with Crippen molar-refractivity contribution in [1.82, 2.24) is 0 Å². The van der Waals surface area contributed by atoms with Crippen molar-refractivity contribution in [2.24, 2.45) is 0 Å². The Kier molecular flexibility index (Phi) is 6.71. The molecule has 1 aliphatic heterocycles. The van der Waals surface area contributed by atoms with Crippen molar-refractivity contribution in [3.63, 3.8) is 0 Å². The predicted octanol–water partition coefficient (Wildman–Crippen LogP) is 0.675. The Hall–Kier alpha value is -0.620. The Balaban J connectivity index is 0.00000208. The average Bonchev–Trinajstić information content (AvgIpc) is 2.58. The quantitative estimate of drug-likeness (QED) is 0.390. The van der Waals surface area contributed by atoms with Gasteiger partial charge in [0.2, 0.25) is 0 Å². The van der Waals surface area contributed by atoms with Crippen molar-refractivity contribution in [3.8, 4) is 0 Å². The Bertz CT molecular complexity index is 528. The van der Waals surface area contributed by atoms with Gasteiger partial charge in [-0.3, -0.25) is 4.79 Å². The van der Waals surface area contributed by atoms with Crippen LogP contribution in [0.25, 0.3) is 0 Å². The number of carbonyl (C=O) groups is 1. The molecule has 3 rings (SSSR count). The smallest absolute Gasteiger partial charge is 0.316 e. The van der Waals surface area contributed by atoms with Crippen LogP contribution in [-0.4, -0.2) is 43.7 Å². The number of halogens is 1. The van der Waals surface area contributed by atoms with Crippen LogP contribution in [0, 0.1) is 0 Å². The first-order valence-corrected chi connectivity index (χ1v) is 9.11. The second-order valence-corrected chi connectivity index (χ2v) is 8.00. The molecule has 1 aromatic carbocycles. The summed E-state index contributed by atoms with van der Waals surface area (Å²) < 4.78 is 7.07. The van der Waals surface area contributed by atoms with E-state index in [-0.39, 0.29) is 36.0 Å². The summed E-state index contributed by atoms with van der Waals surface area (Å²) in [6.07, 6.45) is 7.44. The first kappa shape index (κ1) is 19.7. The number of rotatable bonds is 3. The number of carbonyl (C=O) groups excluding carboxylic acids is 1. The number of nitrogens with zero attached hydrogens (tertiary/aromatic N) is 1. The molecular formula is C20H30INO2. The SMILES string of the molecule is C[N+]1(C)CCC(OC(=O)C2(c3ccccc3)CCCCC2)CC1.[I-]. The standard InChI is InChI=1S/C20H30NO2.HI/c1-21(2)15-11-18(12-16-21)23-19(22)20(13-7-4-8-14-20)17-9-5-3-6-10-17;/h3,5-6,9-10,18H,4,7-8,11-16H2,1-2H3;1H/q+1;/p-1. The van der Waals surface area contributed by atoms with Gasteiger partial charge in [-0.25, -0.2) is 0 Å². The molecule has 0 spiro atoms. The van der Waals surface area contributed by atoms with Gasteiger partial charge in [0, 0.05) is 12.8 Å². The first-order valence-electron chi connectivity index (χ1n) is 9.11. The average molecular weight is 443 g/mol. The van der Waals surface area contributed by atoms with Gasteiger partial charge in [-0.05, 0) is 18.4 Å². The number of likely N-dealkylation sites (tertiary alicyclic amines) is 1. The van der Waals surface area contributed by atoms with Crippen LogP contribution in [0.4, 0.5) is 0 Å². The van der Waals surface area contributed by atoms with Gasteiger partial charge >= 0.3 is 5.97 Å². The maximum Gasteiger partial charge on any atom is 0.316 e. The lowest BCUT2D eigenvalue weighted by Gasteiger charge is -2.40. The Morgan fingerprint density at radius 2 is 1.62 bits per heavy atom. The minimum Gasteiger partial charge on any atom is -1.00 e. The Morgan fingerprint density at radius 1 is 1.04 bits per heavy atom. The largest absolute Gasteiger partial charge is 1.00 e. The molecule has 24 heavy (non-hydrogen) atoms. The van der Waals surface area contributed by atoms with E-state index >= 15 is 0 Å². The molecule has 0 atom stereocenters. The molecule has 1 aromatic rings. The van der Waals surface area contributed by atoms with E-state index in [0.29, 0.717) is 0 Å². The van der Waals surface area contributed by atoms with Gasteiger partial charge in [-0.15, -0.1) is 0 Å². The van der Waals surface area contributed by atoms with Crippen molar-refractivity contribution < 1.29 is 38.0 Å². The van der Waals surface area contributed by atoms with Gasteiger partial charge in [0.15, 0.2) is 0 Å². The van der Waals surface area contributed by atoms with Crippen molar-refractivity contribution in [1.29, 1.82) is 0 Å². The van der Waals surface area contributed by atoms with E-state index < -0.39 is 5.41 Å². The van der Waals surface area contributed by atoms with Crippen LogP contribution in [-0.2, 0) is 14.9 Å². The third kappa shape index (κ3) is 4.31. The highest BCUT2D eigenvalue weighted by Crippen LogP contribution is 2.41. The monoisotopic (exact) mass is 443 g/mol. The van der Waals surface area contributed by atoms with Crippen molar-refractivity contribution in [2.75, 3.05) is 27.2 Å². The number of ether oxygens (including phenoxy) is 1. The summed E-state index contributed by atoms with van der Waals surface area (Å²) in [5, 5.41) is 0. The second-order valence-electron chi connectivity index (χ2n) is 8.00. The van der Waals surface area contributed by atoms with Gasteiger partial charge in [-0.1, -0.05) is 49.6 Å². The molecule has 0 aromatic heterocycles. The molecule has 1 heterocycles. The maximum absolute atomic E-state index is 13.1. The Morgan fingerprint density at radius 3 is 2.21 bits per heavy atom. The van der Waals surface area contributed by atoms with E-state index in [9.17, 15) is 4.79 Å². The lowest BCUT2D eigenvalue weighted by Crippen LogP contribution is -3.00. The van der Waals surface area contributed by atoms with Gasteiger partial charge < -0.3 is 33.2 Å². The summed E-state index contributed by atoms with van der Waals surface area (Å²) in [6, 6.07) is 10.3. The molecule has 0 radical (unpaired) electrons. The molecule has 0 N–H and O–H groups in total. The van der Waals surface area contributed by atoms with Crippen LogP contribution in [0.2, 0.25) is 0 Å². The summed E-state index contributed by atoms with van der Waals surface area (Å²) in [7, 11) is 4.51. The maximum atomic E-state index is 13.1. The Labute approximate surface area is 163 Å². The van der Waals surface area contributed by atoms with Gasteiger partial charge in [-0.2, -0.15) is 0 Å². The van der Waals surface area contributed by atoms with Crippen LogP contribution in [0.5, 0.6) is 0 Å².